The Hall–Kier alpha value is -2.24. The molecule has 0 heterocycles. The minimum atomic E-state index is -0.666. The lowest BCUT2D eigenvalue weighted by Gasteiger charge is -2.24. The van der Waals surface area contributed by atoms with Crippen LogP contribution in [-0.4, -0.2) is 38.1 Å². The summed E-state index contributed by atoms with van der Waals surface area (Å²) >= 11 is 0. The van der Waals surface area contributed by atoms with Crippen LogP contribution in [0, 0.1) is 5.82 Å². The van der Waals surface area contributed by atoms with Gasteiger partial charge in [0.2, 0.25) is 5.91 Å². The van der Waals surface area contributed by atoms with Crippen molar-refractivity contribution >= 4 is 5.91 Å². The van der Waals surface area contributed by atoms with Gasteiger partial charge in [0.05, 0.1) is 13.2 Å². The van der Waals surface area contributed by atoms with Gasteiger partial charge in [-0.3, -0.25) is 9.69 Å². The fraction of sp³-hybridized carbons (Fsp3) is 0.316. The van der Waals surface area contributed by atoms with E-state index in [-0.39, 0.29) is 11.7 Å². The number of hydrogen-bond acceptors (Lipinski definition) is 3. The van der Waals surface area contributed by atoms with E-state index < -0.39 is 6.04 Å². The second-order valence-corrected chi connectivity index (χ2v) is 5.72. The van der Waals surface area contributed by atoms with E-state index in [9.17, 15) is 9.18 Å². The van der Waals surface area contributed by atoms with Crippen LogP contribution in [0.3, 0.4) is 0 Å². The first kappa shape index (κ1) is 18.1. The summed E-state index contributed by atoms with van der Waals surface area (Å²) in [5, 5.41) is 2.80. The van der Waals surface area contributed by atoms with Crippen LogP contribution in [-0.2, 0) is 16.1 Å². The molecule has 24 heavy (non-hydrogen) atoms. The maximum atomic E-state index is 14.0. The van der Waals surface area contributed by atoms with Gasteiger partial charge in [-0.25, -0.2) is 4.39 Å². The zero-order chi connectivity index (χ0) is 17.4. The molecule has 5 heteroatoms. The van der Waals surface area contributed by atoms with Gasteiger partial charge in [0.1, 0.15) is 11.9 Å². The molecule has 1 amide bonds. The van der Waals surface area contributed by atoms with Crippen LogP contribution >= 0.6 is 0 Å². The van der Waals surface area contributed by atoms with Crippen LogP contribution in [0.2, 0.25) is 0 Å². The highest BCUT2D eigenvalue weighted by molar-refractivity contribution is 5.83. The molecule has 0 saturated carbocycles. The predicted octanol–water partition coefficient (Wildman–Crippen LogP) is 2.76. The molecule has 2 aromatic carbocycles. The quantitative estimate of drug-likeness (QED) is 0.757. The van der Waals surface area contributed by atoms with Gasteiger partial charge in [-0.15, -0.1) is 0 Å². The van der Waals surface area contributed by atoms with Crippen molar-refractivity contribution in [3.8, 4) is 0 Å². The molecular weight excluding hydrogens is 307 g/mol. The third-order valence-electron chi connectivity index (χ3n) is 3.62. The van der Waals surface area contributed by atoms with Gasteiger partial charge in [-0.1, -0.05) is 48.5 Å². The summed E-state index contributed by atoms with van der Waals surface area (Å²) in [6.45, 7) is 1.28. The van der Waals surface area contributed by atoms with Gasteiger partial charge >= 0.3 is 0 Å². The monoisotopic (exact) mass is 330 g/mol. The van der Waals surface area contributed by atoms with Crippen molar-refractivity contribution in [2.45, 2.75) is 12.6 Å². The number of nitrogens with one attached hydrogen (secondary N) is 1. The molecule has 0 fully saturated rings. The van der Waals surface area contributed by atoms with E-state index in [1.807, 2.05) is 30.3 Å². The number of ether oxygens (including phenoxy) is 1. The van der Waals surface area contributed by atoms with Crippen molar-refractivity contribution < 1.29 is 13.9 Å². The van der Waals surface area contributed by atoms with E-state index >= 15 is 0 Å². The summed E-state index contributed by atoms with van der Waals surface area (Å²) < 4.78 is 19.5. The van der Waals surface area contributed by atoms with Gasteiger partial charge in [-0.05, 0) is 25.7 Å². The Kier molecular flexibility index (Phi) is 6.90. The molecular formula is C19H23FN2O2. The number of carbonyl (C=O) groups is 1. The molecule has 0 bridgehead atoms. The Morgan fingerprint density at radius 3 is 2.46 bits per heavy atom. The molecule has 0 aliphatic carbocycles. The third kappa shape index (κ3) is 5.15. The molecule has 1 N–H and O–H groups in total. The first-order valence-electron chi connectivity index (χ1n) is 7.90. The molecule has 2 rings (SSSR count). The minimum absolute atomic E-state index is 0.242. The van der Waals surface area contributed by atoms with E-state index in [1.54, 1.807) is 37.2 Å². The van der Waals surface area contributed by atoms with E-state index in [1.165, 1.54) is 6.07 Å². The Bertz CT molecular complexity index is 647. The van der Waals surface area contributed by atoms with Crippen LogP contribution in [0.1, 0.15) is 17.2 Å². The van der Waals surface area contributed by atoms with Crippen LogP contribution in [0.4, 0.5) is 4.39 Å². The molecule has 0 aliphatic heterocycles. The van der Waals surface area contributed by atoms with E-state index in [2.05, 4.69) is 5.32 Å². The number of carbonyl (C=O) groups excluding carboxylic acids is 1. The van der Waals surface area contributed by atoms with Crippen LogP contribution in [0.5, 0.6) is 0 Å². The molecule has 0 aliphatic rings. The summed E-state index contributed by atoms with van der Waals surface area (Å²) in [4.78, 5) is 14.1. The highest BCUT2D eigenvalue weighted by Gasteiger charge is 2.25. The largest absolute Gasteiger partial charge is 0.375 e. The Labute approximate surface area is 142 Å². The average molecular weight is 330 g/mol. The maximum Gasteiger partial charge on any atom is 0.242 e. The fourth-order valence-electron chi connectivity index (χ4n) is 2.46. The molecule has 0 aromatic heterocycles. The third-order valence-corrected chi connectivity index (χ3v) is 3.62. The lowest BCUT2D eigenvalue weighted by Crippen LogP contribution is -2.38. The van der Waals surface area contributed by atoms with Crippen LogP contribution in [0.15, 0.2) is 54.6 Å². The molecule has 0 radical (unpaired) electrons. The first-order valence-corrected chi connectivity index (χ1v) is 7.90. The van der Waals surface area contributed by atoms with E-state index in [0.29, 0.717) is 25.3 Å². The second-order valence-electron chi connectivity index (χ2n) is 5.72. The zero-order valence-corrected chi connectivity index (χ0v) is 14.0. The highest BCUT2D eigenvalue weighted by Crippen LogP contribution is 2.21. The zero-order valence-electron chi connectivity index (χ0n) is 14.0. The summed E-state index contributed by atoms with van der Waals surface area (Å²) in [6, 6.07) is 15.5. The van der Waals surface area contributed by atoms with Crippen molar-refractivity contribution in [2.24, 2.45) is 0 Å². The maximum absolute atomic E-state index is 14.0. The Morgan fingerprint density at radius 1 is 1.12 bits per heavy atom. The normalized spacial score (nSPS) is 12.2. The predicted molar refractivity (Wildman–Crippen MR) is 91.9 cm³/mol. The number of benzene rings is 2. The van der Waals surface area contributed by atoms with Gasteiger partial charge < -0.3 is 10.1 Å². The summed E-state index contributed by atoms with van der Waals surface area (Å²) in [7, 11) is 3.51. The smallest absolute Gasteiger partial charge is 0.242 e. The van der Waals surface area contributed by atoms with Crippen molar-refractivity contribution in [3.63, 3.8) is 0 Å². The van der Waals surface area contributed by atoms with Gasteiger partial charge in [0, 0.05) is 12.1 Å². The number of likely N-dealkylation sites (N-methyl/N-ethyl adjacent to an activating group) is 1. The fourth-order valence-corrected chi connectivity index (χ4v) is 2.46. The molecule has 128 valence electrons. The highest BCUT2D eigenvalue weighted by atomic mass is 19.1. The summed E-state index contributed by atoms with van der Waals surface area (Å²) in [5.41, 5.74) is 1.45. The Balaban J connectivity index is 1.82. The molecule has 0 saturated heterocycles. The van der Waals surface area contributed by atoms with Crippen molar-refractivity contribution in [1.82, 2.24) is 10.2 Å². The number of amides is 1. The van der Waals surface area contributed by atoms with Gasteiger partial charge in [0.25, 0.3) is 0 Å². The molecule has 0 spiro atoms. The van der Waals surface area contributed by atoms with E-state index in [4.69, 9.17) is 4.74 Å². The molecule has 2 aromatic rings. The van der Waals surface area contributed by atoms with Crippen LogP contribution < -0.4 is 5.32 Å². The Morgan fingerprint density at radius 2 is 1.79 bits per heavy atom. The van der Waals surface area contributed by atoms with Crippen molar-refractivity contribution in [2.75, 3.05) is 27.2 Å². The average Bonchev–Trinajstić information content (AvgIpc) is 2.57. The lowest BCUT2D eigenvalue weighted by atomic mass is 10.0. The molecule has 0 unspecified atom stereocenters. The number of rotatable bonds is 8. The van der Waals surface area contributed by atoms with Crippen LogP contribution in [0.25, 0.3) is 0 Å². The standard InChI is InChI=1S/C19H23FN2O2/c1-22(2)18(16-10-6-7-11-17(16)20)19(23)21-12-13-24-14-15-8-4-3-5-9-15/h3-11,18H,12-14H2,1-2H3,(H,21,23)/t18-/m0/s1. The van der Waals surface area contributed by atoms with Crippen molar-refractivity contribution in [3.05, 3.63) is 71.5 Å². The van der Waals surface area contributed by atoms with Gasteiger partial charge in [0.15, 0.2) is 0 Å². The second kappa shape index (κ2) is 9.15. The summed E-state index contributed by atoms with van der Waals surface area (Å²) in [6.07, 6.45) is 0. The lowest BCUT2D eigenvalue weighted by molar-refractivity contribution is -0.126. The topological polar surface area (TPSA) is 41.6 Å². The molecule has 1 atom stereocenters. The minimum Gasteiger partial charge on any atom is -0.375 e. The number of hydrogen-bond donors (Lipinski definition) is 1. The number of nitrogens with zero attached hydrogens (tertiary/aromatic N) is 1. The number of halogens is 1. The van der Waals surface area contributed by atoms with Gasteiger partial charge in [-0.2, -0.15) is 0 Å². The van der Waals surface area contributed by atoms with Crippen molar-refractivity contribution in [1.29, 1.82) is 0 Å². The first-order chi connectivity index (χ1) is 11.6. The SMILES string of the molecule is CN(C)[C@H](C(=O)NCCOCc1ccccc1)c1ccccc1F. The molecule has 4 nitrogen and oxygen atoms in total. The summed E-state index contributed by atoms with van der Waals surface area (Å²) in [5.74, 6) is -0.625. The van der Waals surface area contributed by atoms with E-state index in [0.717, 1.165) is 5.56 Å².